The summed E-state index contributed by atoms with van der Waals surface area (Å²) in [6, 6.07) is 96.3. The van der Waals surface area contributed by atoms with Crippen LogP contribution in [-0.2, 0) is 5.41 Å². The van der Waals surface area contributed by atoms with Crippen LogP contribution in [0.1, 0.15) is 22.3 Å². The van der Waals surface area contributed by atoms with Gasteiger partial charge in [0.15, 0.2) is 0 Å². The fourth-order valence-corrected chi connectivity index (χ4v) is 12.0. The number of benzene rings is 11. The van der Waals surface area contributed by atoms with Gasteiger partial charge in [-0.25, -0.2) is 0 Å². The maximum absolute atomic E-state index is 2.50. The van der Waals surface area contributed by atoms with Gasteiger partial charge in [0.1, 0.15) is 0 Å². The normalized spacial score (nSPS) is 14.0. The van der Waals surface area contributed by atoms with Crippen molar-refractivity contribution in [2.24, 2.45) is 0 Å². The number of hydrogen-bond acceptors (Lipinski definition) is 2. The van der Waals surface area contributed by atoms with Crippen LogP contribution in [0.4, 0.5) is 17.1 Å². The largest absolute Gasteiger partial charge is 0.310 e. The molecular weight excluding hydrogens is 827 g/mol. The molecule has 1 aromatic heterocycles. The summed E-state index contributed by atoms with van der Waals surface area (Å²) in [4.78, 5) is 2.35. The van der Waals surface area contributed by atoms with Gasteiger partial charge < -0.3 is 4.90 Å². The molecule has 2 heteroatoms. The van der Waals surface area contributed by atoms with E-state index in [9.17, 15) is 0 Å². The molecule has 314 valence electrons. The molecule has 0 N–H and O–H groups in total. The first-order chi connectivity index (χ1) is 33.2. The Bertz CT molecular complexity index is 3800. The molecule has 67 heavy (non-hydrogen) atoms. The molecule has 1 atom stereocenters. The number of thiophene rings is 1. The van der Waals surface area contributed by atoms with Crippen LogP contribution in [-0.4, -0.2) is 0 Å². The van der Waals surface area contributed by atoms with Crippen molar-refractivity contribution >= 4 is 59.3 Å². The van der Waals surface area contributed by atoms with Crippen LogP contribution in [0.5, 0.6) is 0 Å². The molecule has 1 nitrogen and oxygen atoms in total. The van der Waals surface area contributed by atoms with Crippen molar-refractivity contribution in [1.29, 1.82) is 0 Å². The van der Waals surface area contributed by atoms with Crippen molar-refractivity contribution in [3.05, 3.63) is 283 Å². The van der Waals surface area contributed by atoms with E-state index in [1.165, 1.54) is 97.7 Å². The van der Waals surface area contributed by atoms with Gasteiger partial charge in [0.2, 0.25) is 0 Å². The third-order valence-electron chi connectivity index (χ3n) is 13.9. The lowest BCUT2D eigenvalue weighted by atomic mass is 9.67. The maximum atomic E-state index is 2.50. The number of para-hydroxylation sites is 1. The van der Waals surface area contributed by atoms with Gasteiger partial charge in [-0.15, -0.1) is 11.3 Å². The summed E-state index contributed by atoms with van der Waals surface area (Å²) in [5.74, 6) is 0. The van der Waals surface area contributed by atoms with Crippen LogP contribution < -0.4 is 4.90 Å². The predicted molar refractivity (Wildman–Crippen MR) is 285 cm³/mol. The lowest BCUT2D eigenvalue weighted by Gasteiger charge is -2.34. The lowest BCUT2D eigenvalue weighted by Crippen LogP contribution is -2.28. The highest BCUT2D eigenvalue weighted by Crippen LogP contribution is 2.58. The fraction of sp³-hybridized carbons (Fsp3) is 0.0154. The van der Waals surface area contributed by atoms with E-state index in [0.29, 0.717) is 0 Å². The molecular formula is C65H43NS. The second kappa shape index (κ2) is 16.0. The van der Waals surface area contributed by atoms with Gasteiger partial charge in [-0.05, 0) is 144 Å². The Hall–Kier alpha value is -8.30. The molecule has 0 spiro atoms. The molecule has 13 rings (SSSR count). The minimum atomic E-state index is -0.538. The summed E-state index contributed by atoms with van der Waals surface area (Å²) in [5, 5.41) is 5.09. The van der Waals surface area contributed by atoms with Gasteiger partial charge in [-0.3, -0.25) is 0 Å². The minimum Gasteiger partial charge on any atom is -0.310 e. The van der Waals surface area contributed by atoms with Crippen molar-refractivity contribution in [3.8, 4) is 44.5 Å². The number of rotatable bonds is 8. The molecule has 0 amide bonds. The second-order valence-corrected chi connectivity index (χ2v) is 18.7. The van der Waals surface area contributed by atoms with Crippen LogP contribution in [0, 0.1) is 0 Å². The maximum Gasteiger partial charge on any atom is 0.0714 e. The Morgan fingerprint density at radius 3 is 1.55 bits per heavy atom. The molecule has 11 aromatic carbocycles. The van der Waals surface area contributed by atoms with Gasteiger partial charge in [0, 0.05) is 37.2 Å². The first-order valence-corrected chi connectivity index (χ1v) is 23.9. The number of fused-ring (bicyclic) bond motifs is 7. The SMILES string of the molecule is c1ccc(-c2ccc(N(c3ccccc3)c3cccc(-c4ccc5c(c4)sc4cc(C6(c7cccc(-c8ccccc8)c7)c7ccccc7-c7cc8ccccc8cc76)ccc45)c3)cc2)cc1. The summed E-state index contributed by atoms with van der Waals surface area (Å²) in [7, 11) is 0. The van der Waals surface area contributed by atoms with Crippen molar-refractivity contribution < 1.29 is 0 Å². The number of hydrogen-bond donors (Lipinski definition) is 0. The third-order valence-corrected chi connectivity index (χ3v) is 15.0. The zero-order chi connectivity index (χ0) is 44.3. The highest BCUT2D eigenvalue weighted by molar-refractivity contribution is 7.25. The quantitative estimate of drug-likeness (QED) is 0.147. The Morgan fingerprint density at radius 1 is 0.284 bits per heavy atom. The van der Waals surface area contributed by atoms with E-state index in [-0.39, 0.29) is 0 Å². The van der Waals surface area contributed by atoms with Crippen LogP contribution >= 0.6 is 11.3 Å². The predicted octanol–water partition coefficient (Wildman–Crippen LogP) is 18.0. The molecule has 12 aromatic rings. The van der Waals surface area contributed by atoms with E-state index in [4.69, 9.17) is 0 Å². The Balaban J connectivity index is 0.942. The van der Waals surface area contributed by atoms with E-state index in [1.54, 1.807) is 0 Å². The minimum absolute atomic E-state index is 0.538. The zero-order valence-corrected chi connectivity index (χ0v) is 37.5. The number of anilines is 3. The van der Waals surface area contributed by atoms with Gasteiger partial charge in [0.05, 0.1) is 5.41 Å². The fourth-order valence-electron chi connectivity index (χ4n) is 10.8. The van der Waals surface area contributed by atoms with Gasteiger partial charge in [0.25, 0.3) is 0 Å². The molecule has 0 radical (unpaired) electrons. The molecule has 1 aliphatic rings. The topological polar surface area (TPSA) is 3.24 Å². The standard InChI is InChI=1S/C65H43NS/c1-4-16-44(17-5-1)46-30-34-55(35-31-46)66(54-25-8-3-9-26-54)56-27-15-23-48(39-56)51-32-36-58-59-37-33-53(43-64(59)67-63(58)42-51)65(52-24-14-22-47(38-52)45-18-6-2-7-19-45)61-29-13-12-28-57(61)60-40-49-20-10-11-21-50(49)41-62(60)65/h1-43H. The highest BCUT2D eigenvalue weighted by Gasteiger charge is 2.46. The molecule has 1 unspecified atom stereocenters. The third kappa shape index (κ3) is 6.52. The van der Waals surface area contributed by atoms with Gasteiger partial charge >= 0.3 is 0 Å². The summed E-state index contributed by atoms with van der Waals surface area (Å²) in [5.41, 5.74) is 17.9. The van der Waals surface area contributed by atoms with E-state index in [2.05, 4.69) is 266 Å². The lowest BCUT2D eigenvalue weighted by molar-refractivity contribution is 0.771. The van der Waals surface area contributed by atoms with Crippen molar-refractivity contribution in [1.82, 2.24) is 0 Å². The van der Waals surface area contributed by atoms with E-state index >= 15 is 0 Å². The summed E-state index contributed by atoms with van der Waals surface area (Å²) >= 11 is 1.90. The van der Waals surface area contributed by atoms with Gasteiger partial charge in [-0.2, -0.15) is 0 Å². The average Bonchev–Trinajstić information content (AvgIpc) is 3.91. The van der Waals surface area contributed by atoms with E-state index in [0.717, 1.165) is 17.1 Å². The molecule has 0 saturated heterocycles. The Kier molecular flexibility index (Phi) is 9.33. The van der Waals surface area contributed by atoms with Crippen LogP contribution in [0.2, 0.25) is 0 Å². The van der Waals surface area contributed by atoms with Crippen LogP contribution in [0.15, 0.2) is 261 Å². The molecule has 0 fully saturated rings. The molecule has 0 bridgehead atoms. The molecule has 1 heterocycles. The molecule has 0 saturated carbocycles. The van der Waals surface area contributed by atoms with E-state index < -0.39 is 5.41 Å². The van der Waals surface area contributed by atoms with Crippen molar-refractivity contribution in [2.45, 2.75) is 5.41 Å². The first-order valence-electron chi connectivity index (χ1n) is 23.1. The average molecular weight is 870 g/mol. The Labute approximate surface area is 395 Å². The Morgan fingerprint density at radius 2 is 0.791 bits per heavy atom. The van der Waals surface area contributed by atoms with Crippen molar-refractivity contribution in [2.75, 3.05) is 4.90 Å². The van der Waals surface area contributed by atoms with Gasteiger partial charge in [-0.1, -0.05) is 194 Å². The second-order valence-electron chi connectivity index (χ2n) is 17.6. The monoisotopic (exact) mass is 869 g/mol. The smallest absolute Gasteiger partial charge is 0.0714 e. The van der Waals surface area contributed by atoms with Crippen LogP contribution in [0.25, 0.3) is 75.5 Å². The summed E-state index contributed by atoms with van der Waals surface area (Å²) in [6.45, 7) is 0. The number of nitrogens with zero attached hydrogens (tertiary/aromatic N) is 1. The zero-order valence-electron chi connectivity index (χ0n) is 36.7. The van der Waals surface area contributed by atoms with Crippen molar-refractivity contribution in [3.63, 3.8) is 0 Å². The first kappa shape index (κ1) is 39.1. The molecule has 1 aliphatic carbocycles. The summed E-state index contributed by atoms with van der Waals surface area (Å²) < 4.78 is 2.57. The van der Waals surface area contributed by atoms with E-state index in [1.807, 2.05) is 11.3 Å². The molecule has 0 aliphatic heterocycles. The highest BCUT2D eigenvalue weighted by atomic mass is 32.1. The summed E-state index contributed by atoms with van der Waals surface area (Å²) in [6.07, 6.45) is 0. The van der Waals surface area contributed by atoms with Crippen LogP contribution in [0.3, 0.4) is 0 Å².